The Labute approximate surface area is 132 Å². The fourth-order valence-electron chi connectivity index (χ4n) is 2.90. The minimum Gasteiger partial charge on any atom is -0.478 e. The summed E-state index contributed by atoms with van der Waals surface area (Å²) in [6.07, 6.45) is 2.12. The minimum absolute atomic E-state index is 0.00635. The molecule has 6 heteroatoms. The lowest BCUT2D eigenvalue weighted by molar-refractivity contribution is 0.0697. The molecule has 3 N–H and O–H groups in total. The Balaban J connectivity index is 2.13. The van der Waals surface area contributed by atoms with Gasteiger partial charge >= 0.3 is 5.97 Å². The van der Waals surface area contributed by atoms with Crippen LogP contribution < -0.4 is 10.9 Å². The molecule has 0 spiro atoms. The number of aromatic nitrogens is 1. The van der Waals surface area contributed by atoms with E-state index >= 15 is 0 Å². The fourth-order valence-corrected chi connectivity index (χ4v) is 2.90. The highest BCUT2D eigenvalue weighted by Crippen LogP contribution is 2.28. The summed E-state index contributed by atoms with van der Waals surface area (Å²) in [7, 11) is 0. The van der Waals surface area contributed by atoms with Gasteiger partial charge in [-0.15, -0.1) is 0 Å². The van der Waals surface area contributed by atoms with Crippen LogP contribution in [0.5, 0.6) is 0 Å². The fraction of sp³-hybridized carbons (Fsp3) is 0.235. The number of carbonyl (C=O) groups excluding carboxylic acids is 1. The van der Waals surface area contributed by atoms with Crippen molar-refractivity contribution >= 4 is 11.8 Å². The molecule has 1 aromatic carbocycles. The lowest BCUT2D eigenvalue weighted by Crippen LogP contribution is -2.19. The maximum absolute atomic E-state index is 12.7. The molecular formula is C17H16N2O4. The second-order valence-electron chi connectivity index (χ2n) is 5.53. The molecular weight excluding hydrogens is 296 g/mol. The van der Waals surface area contributed by atoms with E-state index in [2.05, 4.69) is 10.3 Å². The number of rotatable bonds is 4. The van der Waals surface area contributed by atoms with Crippen LogP contribution in [0.25, 0.3) is 11.1 Å². The third-order valence-corrected chi connectivity index (χ3v) is 4.07. The van der Waals surface area contributed by atoms with E-state index in [0.717, 1.165) is 19.0 Å². The first-order chi connectivity index (χ1) is 11.1. The molecule has 2 aromatic rings. The summed E-state index contributed by atoms with van der Waals surface area (Å²) >= 11 is 0. The van der Waals surface area contributed by atoms with Crippen LogP contribution in [-0.2, 0) is 0 Å². The number of Topliss-reactive ketones (excluding diaryl/α,β-unsaturated/α-hetero) is 1. The molecule has 1 atom stereocenters. The van der Waals surface area contributed by atoms with Crippen molar-refractivity contribution in [2.45, 2.75) is 6.42 Å². The van der Waals surface area contributed by atoms with Crippen LogP contribution >= 0.6 is 0 Å². The maximum Gasteiger partial charge on any atom is 0.336 e. The number of hydrogen-bond donors (Lipinski definition) is 3. The van der Waals surface area contributed by atoms with E-state index in [9.17, 15) is 19.5 Å². The average Bonchev–Trinajstić information content (AvgIpc) is 3.08. The second kappa shape index (κ2) is 6.18. The Morgan fingerprint density at radius 1 is 1.13 bits per heavy atom. The van der Waals surface area contributed by atoms with Crippen LogP contribution in [-0.4, -0.2) is 34.9 Å². The van der Waals surface area contributed by atoms with Gasteiger partial charge in [0.1, 0.15) is 0 Å². The van der Waals surface area contributed by atoms with Gasteiger partial charge < -0.3 is 15.4 Å². The van der Waals surface area contributed by atoms with Gasteiger partial charge in [0.15, 0.2) is 5.78 Å². The van der Waals surface area contributed by atoms with E-state index in [1.165, 1.54) is 6.20 Å². The van der Waals surface area contributed by atoms with Crippen LogP contribution in [0.3, 0.4) is 0 Å². The number of hydrogen-bond acceptors (Lipinski definition) is 4. The van der Waals surface area contributed by atoms with Crippen LogP contribution in [0.1, 0.15) is 27.1 Å². The number of benzene rings is 1. The summed E-state index contributed by atoms with van der Waals surface area (Å²) in [4.78, 5) is 38.1. The van der Waals surface area contributed by atoms with Gasteiger partial charge in [0.05, 0.1) is 5.56 Å². The third kappa shape index (κ3) is 2.93. The SMILES string of the molecule is O=C(O)c1cc(=O)[nH]cc1-c1ccccc1C(=O)C1CCNC1. The van der Waals surface area contributed by atoms with E-state index in [-0.39, 0.29) is 17.3 Å². The molecule has 2 heterocycles. The number of aromatic carboxylic acids is 1. The van der Waals surface area contributed by atoms with E-state index < -0.39 is 11.5 Å². The van der Waals surface area contributed by atoms with Crippen LogP contribution in [0.4, 0.5) is 0 Å². The molecule has 1 aliphatic heterocycles. The molecule has 0 aliphatic carbocycles. The zero-order valence-corrected chi connectivity index (χ0v) is 12.3. The van der Waals surface area contributed by atoms with Crippen LogP contribution in [0.2, 0.25) is 0 Å². The quantitative estimate of drug-likeness (QED) is 0.744. The minimum atomic E-state index is -1.20. The van der Waals surface area contributed by atoms with Crippen molar-refractivity contribution in [2.24, 2.45) is 5.92 Å². The van der Waals surface area contributed by atoms with Crippen LogP contribution in [0.15, 0.2) is 41.3 Å². The van der Waals surface area contributed by atoms with Crippen molar-refractivity contribution in [1.82, 2.24) is 10.3 Å². The standard InChI is InChI=1S/C17H16N2O4/c20-15-7-13(17(22)23)14(9-19-15)11-3-1-2-4-12(11)16(21)10-5-6-18-8-10/h1-4,7,9-10,18H,5-6,8H2,(H,19,20)(H,22,23). The number of nitrogens with one attached hydrogen (secondary N) is 2. The van der Waals surface area contributed by atoms with Gasteiger partial charge in [0, 0.05) is 35.9 Å². The molecule has 1 unspecified atom stereocenters. The summed E-state index contributed by atoms with van der Waals surface area (Å²) in [5.74, 6) is -1.31. The average molecular weight is 312 g/mol. The highest BCUT2D eigenvalue weighted by atomic mass is 16.4. The number of carboxylic acids is 1. The number of aromatic amines is 1. The molecule has 118 valence electrons. The van der Waals surface area contributed by atoms with E-state index in [4.69, 9.17) is 0 Å². The van der Waals surface area contributed by atoms with E-state index in [1.807, 2.05) is 0 Å². The Kier molecular flexibility index (Phi) is 4.08. The highest BCUT2D eigenvalue weighted by Gasteiger charge is 2.26. The Hall–Kier alpha value is -2.73. The first kappa shape index (κ1) is 15.2. The second-order valence-corrected chi connectivity index (χ2v) is 5.53. The summed E-state index contributed by atoms with van der Waals surface area (Å²) < 4.78 is 0. The molecule has 1 aliphatic rings. The Morgan fingerprint density at radius 2 is 1.91 bits per heavy atom. The predicted octanol–water partition coefficient (Wildman–Crippen LogP) is 1.53. The largest absolute Gasteiger partial charge is 0.478 e. The van der Waals surface area contributed by atoms with E-state index in [1.54, 1.807) is 24.3 Å². The monoisotopic (exact) mass is 312 g/mol. The van der Waals surface area contributed by atoms with Gasteiger partial charge in [-0.1, -0.05) is 24.3 Å². The third-order valence-electron chi connectivity index (χ3n) is 4.07. The molecule has 1 aromatic heterocycles. The van der Waals surface area contributed by atoms with Crippen molar-refractivity contribution in [3.63, 3.8) is 0 Å². The lowest BCUT2D eigenvalue weighted by Gasteiger charge is -2.13. The van der Waals surface area contributed by atoms with Crippen LogP contribution in [0, 0.1) is 5.92 Å². The molecule has 0 amide bonds. The van der Waals surface area contributed by atoms with Crippen molar-refractivity contribution in [3.8, 4) is 11.1 Å². The molecule has 0 radical (unpaired) electrons. The number of carboxylic acid groups (broad SMARTS) is 1. The number of carbonyl (C=O) groups is 2. The molecule has 23 heavy (non-hydrogen) atoms. The van der Waals surface area contributed by atoms with Crippen molar-refractivity contribution < 1.29 is 14.7 Å². The summed E-state index contributed by atoms with van der Waals surface area (Å²) in [6, 6.07) is 7.94. The lowest BCUT2D eigenvalue weighted by atomic mass is 9.89. The zero-order chi connectivity index (χ0) is 16.4. The Morgan fingerprint density at radius 3 is 2.61 bits per heavy atom. The molecule has 0 saturated carbocycles. The Bertz CT molecular complexity index is 819. The molecule has 1 saturated heterocycles. The smallest absolute Gasteiger partial charge is 0.336 e. The van der Waals surface area contributed by atoms with Gasteiger partial charge in [-0.2, -0.15) is 0 Å². The van der Waals surface area contributed by atoms with Crippen molar-refractivity contribution in [2.75, 3.05) is 13.1 Å². The van der Waals surface area contributed by atoms with Gasteiger partial charge in [-0.05, 0) is 18.5 Å². The summed E-state index contributed by atoms with van der Waals surface area (Å²) in [5.41, 5.74) is 0.745. The normalized spacial score (nSPS) is 17.1. The predicted molar refractivity (Wildman–Crippen MR) is 84.8 cm³/mol. The zero-order valence-electron chi connectivity index (χ0n) is 12.3. The summed E-state index contributed by atoms with van der Waals surface area (Å²) in [6.45, 7) is 1.43. The number of ketones is 1. The van der Waals surface area contributed by atoms with Crippen molar-refractivity contribution in [3.05, 3.63) is 58.0 Å². The summed E-state index contributed by atoms with van der Waals surface area (Å²) in [5, 5.41) is 12.5. The first-order valence-corrected chi connectivity index (χ1v) is 7.38. The molecule has 6 nitrogen and oxygen atoms in total. The molecule has 3 rings (SSSR count). The topological polar surface area (TPSA) is 99.3 Å². The van der Waals surface area contributed by atoms with Gasteiger partial charge in [0.2, 0.25) is 5.56 Å². The van der Waals surface area contributed by atoms with Gasteiger partial charge in [-0.3, -0.25) is 9.59 Å². The highest BCUT2D eigenvalue weighted by molar-refractivity contribution is 6.06. The molecule has 0 bridgehead atoms. The molecule has 1 fully saturated rings. The van der Waals surface area contributed by atoms with E-state index in [0.29, 0.717) is 23.2 Å². The van der Waals surface area contributed by atoms with Crippen molar-refractivity contribution in [1.29, 1.82) is 0 Å². The maximum atomic E-state index is 12.7. The first-order valence-electron chi connectivity index (χ1n) is 7.38. The van der Waals surface area contributed by atoms with Gasteiger partial charge in [0.25, 0.3) is 0 Å². The number of H-pyrrole nitrogens is 1. The van der Waals surface area contributed by atoms with Gasteiger partial charge in [-0.25, -0.2) is 4.79 Å². The number of pyridine rings is 1.